The van der Waals surface area contributed by atoms with Gasteiger partial charge in [-0.05, 0) is 45.5 Å². The van der Waals surface area contributed by atoms with Gasteiger partial charge in [-0.25, -0.2) is 0 Å². The summed E-state index contributed by atoms with van der Waals surface area (Å²) < 4.78 is 0. The summed E-state index contributed by atoms with van der Waals surface area (Å²) in [7, 11) is 0. The van der Waals surface area contributed by atoms with Crippen molar-refractivity contribution >= 4 is 23.5 Å². The van der Waals surface area contributed by atoms with Crippen LogP contribution in [0.4, 0.5) is 0 Å². The van der Waals surface area contributed by atoms with Crippen molar-refractivity contribution in [1.29, 1.82) is 0 Å². The Kier molecular flexibility index (Phi) is 9.60. The third-order valence-corrected chi connectivity index (χ3v) is 4.97. The minimum Gasteiger partial charge on any atom is -0.369 e. The number of halogens is 1. The van der Waals surface area contributed by atoms with Gasteiger partial charge in [0.05, 0.1) is 18.0 Å². The lowest BCUT2D eigenvalue weighted by molar-refractivity contribution is -0.125. The van der Waals surface area contributed by atoms with E-state index >= 15 is 0 Å². The summed E-state index contributed by atoms with van der Waals surface area (Å²) in [6.07, 6.45) is 0. The summed E-state index contributed by atoms with van der Waals surface area (Å²) >= 11 is 6.46. The predicted molar refractivity (Wildman–Crippen MR) is 114 cm³/mol. The van der Waals surface area contributed by atoms with E-state index in [1.54, 1.807) is 13.8 Å². The number of hydrogen-bond acceptors (Lipinski definition) is 3. The maximum atomic E-state index is 11.5. The summed E-state index contributed by atoms with van der Waals surface area (Å²) in [6.45, 7) is 13.4. The third-order valence-electron chi connectivity index (χ3n) is 4.62. The molecule has 0 aliphatic rings. The molecule has 0 saturated carbocycles. The summed E-state index contributed by atoms with van der Waals surface area (Å²) in [6, 6.07) is 8.04. The fourth-order valence-electron chi connectivity index (χ4n) is 2.74. The molecule has 0 heterocycles. The Balaban J connectivity index is 2.99. The molecule has 1 atom stereocenters. The molecule has 1 unspecified atom stereocenters. The van der Waals surface area contributed by atoms with E-state index in [1.807, 2.05) is 25.1 Å². The van der Waals surface area contributed by atoms with Crippen molar-refractivity contribution < 1.29 is 4.79 Å². The maximum Gasteiger partial charge on any atom is 0.224 e. The molecular formula is C20H34ClN5O. The van der Waals surface area contributed by atoms with Gasteiger partial charge in [0.2, 0.25) is 5.91 Å². The highest BCUT2D eigenvalue weighted by atomic mass is 35.5. The lowest BCUT2D eigenvalue weighted by atomic mass is 9.93. The Bertz CT molecular complexity index is 629. The van der Waals surface area contributed by atoms with Gasteiger partial charge in [-0.3, -0.25) is 14.7 Å². The number of nitrogens with two attached hydrogens (primary N) is 1. The first-order valence-electron chi connectivity index (χ1n) is 9.57. The van der Waals surface area contributed by atoms with E-state index in [0.29, 0.717) is 19.0 Å². The summed E-state index contributed by atoms with van der Waals surface area (Å²) in [5, 5.41) is 7.38. The minimum atomic E-state index is -0.691. The molecule has 0 saturated heterocycles. The van der Waals surface area contributed by atoms with Crippen LogP contribution >= 0.6 is 11.6 Å². The number of primary amides is 1. The number of aliphatic imine (C=N–C) groups is 1. The molecule has 4 N–H and O–H groups in total. The minimum absolute atomic E-state index is 0.113. The fraction of sp³-hybridized carbons (Fsp3) is 0.600. The van der Waals surface area contributed by atoms with Crippen molar-refractivity contribution in [2.45, 2.75) is 40.7 Å². The van der Waals surface area contributed by atoms with Crippen molar-refractivity contribution in [2.24, 2.45) is 16.1 Å². The van der Waals surface area contributed by atoms with Crippen LogP contribution in [-0.2, 0) is 4.79 Å². The molecule has 0 aromatic heterocycles. The quantitative estimate of drug-likeness (QED) is 0.420. The van der Waals surface area contributed by atoms with Crippen LogP contribution in [0.5, 0.6) is 0 Å². The molecule has 152 valence electrons. The second-order valence-electron chi connectivity index (χ2n) is 7.08. The molecule has 0 bridgehead atoms. The standard InChI is InChI=1S/C20H34ClN5O/c1-6-23-19(25-14-20(4,5)18(22)27)24-13-17(26(7-2)8-3)15-11-9-10-12-16(15)21/h9-12,17H,6-8,13-14H2,1-5H3,(H2,22,27)(H2,23,24,25). The average Bonchev–Trinajstić information content (AvgIpc) is 2.63. The van der Waals surface area contributed by atoms with Gasteiger partial charge in [0.15, 0.2) is 5.96 Å². The van der Waals surface area contributed by atoms with E-state index in [2.05, 4.69) is 40.4 Å². The van der Waals surface area contributed by atoms with E-state index in [-0.39, 0.29) is 11.9 Å². The van der Waals surface area contributed by atoms with Crippen LogP contribution in [0.2, 0.25) is 5.02 Å². The number of carbonyl (C=O) groups is 1. The third kappa shape index (κ3) is 7.03. The van der Waals surface area contributed by atoms with Crippen molar-refractivity contribution in [3.8, 4) is 0 Å². The van der Waals surface area contributed by atoms with Gasteiger partial charge in [0.1, 0.15) is 0 Å². The lowest BCUT2D eigenvalue weighted by Gasteiger charge is -2.31. The van der Waals surface area contributed by atoms with Gasteiger partial charge >= 0.3 is 0 Å². The van der Waals surface area contributed by atoms with Gasteiger partial charge < -0.3 is 16.4 Å². The zero-order valence-corrected chi connectivity index (χ0v) is 17.9. The Morgan fingerprint density at radius 1 is 1.22 bits per heavy atom. The molecule has 7 heteroatoms. The number of rotatable bonds is 10. The lowest BCUT2D eigenvalue weighted by Crippen LogP contribution is -2.44. The van der Waals surface area contributed by atoms with Crippen LogP contribution in [0.3, 0.4) is 0 Å². The number of benzene rings is 1. The zero-order chi connectivity index (χ0) is 20.4. The molecule has 0 fully saturated rings. The number of nitrogens with one attached hydrogen (secondary N) is 2. The molecule has 1 amide bonds. The van der Waals surface area contributed by atoms with Gasteiger partial charge in [0.25, 0.3) is 0 Å². The topological polar surface area (TPSA) is 82.7 Å². The second-order valence-corrected chi connectivity index (χ2v) is 7.49. The molecule has 6 nitrogen and oxygen atoms in total. The van der Waals surface area contributed by atoms with Gasteiger partial charge in [-0.2, -0.15) is 0 Å². The van der Waals surface area contributed by atoms with E-state index in [4.69, 9.17) is 17.3 Å². The smallest absolute Gasteiger partial charge is 0.224 e. The fourth-order valence-corrected chi connectivity index (χ4v) is 3.00. The molecular weight excluding hydrogens is 362 g/mol. The molecule has 27 heavy (non-hydrogen) atoms. The van der Waals surface area contributed by atoms with Crippen molar-refractivity contribution in [3.63, 3.8) is 0 Å². The van der Waals surface area contributed by atoms with Crippen LogP contribution in [-0.4, -0.2) is 49.5 Å². The predicted octanol–water partition coefficient (Wildman–Crippen LogP) is 2.79. The van der Waals surface area contributed by atoms with Crippen LogP contribution < -0.4 is 16.4 Å². The van der Waals surface area contributed by atoms with E-state index in [1.165, 1.54) is 0 Å². The highest BCUT2D eigenvalue weighted by Crippen LogP contribution is 2.27. The number of nitrogens with zero attached hydrogens (tertiary/aromatic N) is 2. The average molecular weight is 396 g/mol. The number of hydrogen-bond donors (Lipinski definition) is 3. The van der Waals surface area contributed by atoms with Gasteiger partial charge in [-0.15, -0.1) is 0 Å². The molecule has 0 radical (unpaired) electrons. The highest BCUT2D eigenvalue weighted by molar-refractivity contribution is 6.31. The largest absolute Gasteiger partial charge is 0.369 e. The molecule has 1 rings (SSSR count). The number of amides is 1. The van der Waals surface area contributed by atoms with Gasteiger partial charge in [0, 0.05) is 18.1 Å². The first-order valence-corrected chi connectivity index (χ1v) is 9.95. The Hall–Kier alpha value is -1.79. The zero-order valence-electron chi connectivity index (χ0n) is 17.2. The van der Waals surface area contributed by atoms with Crippen molar-refractivity contribution in [1.82, 2.24) is 15.5 Å². The van der Waals surface area contributed by atoms with Crippen LogP contribution in [0.25, 0.3) is 0 Å². The van der Waals surface area contributed by atoms with Crippen molar-refractivity contribution in [2.75, 3.05) is 32.7 Å². The monoisotopic (exact) mass is 395 g/mol. The number of guanidine groups is 1. The SMILES string of the molecule is CCNC(=NCC(C)(C)C(N)=O)NCC(c1ccccc1Cl)N(CC)CC. The Morgan fingerprint density at radius 3 is 2.37 bits per heavy atom. The molecule has 0 spiro atoms. The summed E-state index contributed by atoms with van der Waals surface area (Å²) in [5.74, 6) is 0.301. The van der Waals surface area contributed by atoms with E-state index in [0.717, 1.165) is 30.2 Å². The maximum absolute atomic E-state index is 11.5. The second kappa shape index (κ2) is 11.1. The number of likely N-dealkylation sites (N-methyl/N-ethyl adjacent to an activating group) is 1. The molecule has 0 aliphatic heterocycles. The molecule has 0 aliphatic carbocycles. The summed E-state index contributed by atoms with van der Waals surface area (Å²) in [5.41, 5.74) is 5.85. The first-order chi connectivity index (χ1) is 12.8. The van der Waals surface area contributed by atoms with Crippen LogP contribution in [0.15, 0.2) is 29.3 Å². The highest BCUT2D eigenvalue weighted by Gasteiger charge is 2.25. The first kappa shape index (κ1) is 23.2. The van der Waals surface area contributed by atoms with E-state index in [9.17, 15) is 4.79 Å². The molecule has 1 aromatic rings. The van der Waals surface area contributed by atoms with Crippen LogP contribution in [0.1, 0.15) is 46.2 Å². The van der Waals surface area contributed by atoms with Crippen molar-refractivity contribution in [3.05, 3.63) is 34.9 Å². The Morgan fingerprint density at radius 2 is 1.85 bits per heavy atom. The normalized spacial score (nSPS) is 13.5. The van der Waals surface area contributed by atoms with Crippen LogP contribution in [0, 0.1) is 5.41 Å². The Labute approximate surface area is 168 Å². The van der Waals surface area contributed by atoms with Gasteiger partial charge in [-0.1, -0.05) is 43.6 Å². The van der Waals surface area contributed by atoms with E-state index < -0.39 is 5.41 Å². The number of carbonyl (C=O) groups excluding carboxylic acids is 1. The molecule has 1 aromatic carbocycles. The summed E-state index contributed by atoms with van der Waals surface area (Å²) in [4.78, 5) is 18.4.